The largest absolute Gasteiger partial charge is 0.493 e. The molecule has 31 heavy (non-hydrogen) atoms. The number of benzene rings is 2. The van der Waals surface area contributed by atoms with E-state index in [4.69, 9.17) is 21.1 Å². The Morgan fingerprint density at radius 1 is 1.26 bits per heavy atom. The number of methoxy groups -OCH3 is 2. The first-order valence-corrected chi connectivity index (χ1v) is 10.9. The van der Waals surface area contributed by atoms with Crippen molar-refractivity contribution in [2.75, 3.05) is 25.4 Å². The van der Waals surface area contributed by atoms with Crippen LogP contribution in [0.2, 0.25) is 5.02 Å². The number of ether oxygens (including phenoxy) is 2. The summed E-state index contributed by atoms with van der Waals surface area (Å²) in [5, 5.41) is 5.36. The van der Waals surface area contributed by atoms with Crippen molar-refractivity contribution in [3.63, 3.8) is 0 Å². The molecule has 0 saturated heterocycles. The number of rotatable bonds is 4. The van der Waals surface area contributed by atoms with Gasteiger partial charge in [-0.25, -0.2) is 4.90 Å². The van der Waals surface area contributed by atoms with Gasteiger partial charge in [0.25, 0.3) is 6.17 Å². The van der Waals surface area contributed by atoms with Crippen molar-refractivity contribution in [2.24, 2.45) is 0 Å². The van der Waals surface area contributed by atoms with Crippen LogP contribution in [0.25, 0.3) is 11.3 Å². The van der Waals surface area contributed by atoms with E-state index in [0.717, 1.165) is 0 Å². The molecular formula is C21H20ClN4O4S+. The minimum atomic E-state index is -0.757. The highest BCUT2D eigenvalue weighted by Gasteiger charge is 2.45. The Bertz CT molecular complexity index is 1250. The SMILES string of the molecule is COc1cc([C@@H]2N(C(C)=O)c3ccccc3-c3c(=O)[nH]c(SC)n[n+]32)cc(Cl)c1OC. The molecule has 0 radical (unpaired) electrons. The fourth-order valence-corrected chi connectivity index (χ4v) is 4.45. The number of thioether (sulfide) groups is 1. The van der Waals surface area contributed by atoms with Crippen molar-refractivity contribution in [3.05, 3.63) is 57.3 Å². The van der Waals surface area contributed by atoms with E-state index in [1.807, 2.05) is 18.4 Å². The van der Waals surface area contributed by atoms with Crippen LogP contribution >= 0.6 is 23.4 Å². The van der Waals surface area contributed by atoms with Crippen LogP contribution < -0.4 is 24.6 Å². The molecule has 1 aliphatic heterocycles. The molecule has 160 valence electrons. The topological polar surface area (TPSA) is 88.4 Å². The number of anilines is 1. The third-order valence-corrected chi connectivity index (χ3v) is 5.90. The van der Waals surface area contributed by atoms with Gasteiger partial charge < -0.3 is 9.47 Å². The van der Waals surface area contributed by atoms with Crippen LogP contribution in [0.5, 0.6) is 11.5 Å². The predicted octanol–water partition coefficient (Wildman–Crippen LogP) is 3.03. The summed E-state index contributed by atoms with van der Waals surface area (Å²) < 4.78 is 12.4. The number of aromatic amines is 1. The van der Waals surface area contributed by atoms with E-state index in [9.17, 15) is 9.59 Å². The highest BCUT2D eigenvalue weighted by atomic mass is 35.5. The Labute approximate surface area is 187 Å². The monoisotopic (exact) mass is 459 g/mol. The summed E-state index contributed by atoms with van der Waals surface area (Å²) in [5.41, 5.74) is 1.88. The number of fused-ring (bicyclic) bond motifs is 3. The number of hydrogen-bond donors (Lipinski definition) is 1. The lowest BCUT2D eigenvalue weighted by molar-refractivity contribution is -0.763. The van der Waals surface area contributed by atoms with E-state index >= 15 is 0 Å². The van der Waals surface area contributed by atoms with Crippen LogP contribution in [0.3, 0.4) is 0 Å². The Morgan fingerprint density at radius 2 is 2.00 bits per heavy atom. The molecule has 1 atom stereocenters. The summed E-state index contributed by atoms with van der Waals surface area (Å²) in [5.74, 6) is 0.575. The molecule has 1 N–H and O–H groups in total. The lowest BCUT2D eigenvalue weighted by atomic mass is 10.0. The van der Waals surface area contributed by atoms with E-state index in [2.05, 4.69) is 10.1 Å². The van der Waals surface area contributed by atoms with Crippen molar-refractivity contribution >= 4 is 35.0 Å². The summed E-state index contributed by atoms with van der Waals surface area (Å²) in [7, 11) is 3.00. The van der Waals surface area contributed by atoms with E-state index in [1.165, 1.54) is 32.9 Å². The first-order valence-electron chi connectivity index (χ1n) is 9.32. The van der Waals surface area contributed by atoms with Gasteiger partial charge in [0.05, 0.1) is 36.1 Å². The van der Waals surface area contributed by atoms with Gasteiger partial charge in [-0.2, -0.15) is 0 Å². The third kappa shape index (κ3) is 3.43. The summed E-state index contributed by atoms with van der Waals surface area (Å²) in [6.45, 7) is 1.47. The molecule has 0 spiro atoms. The summed E-state index contributed by atoms with van der Waals surface area (Å²) in [4.78, 5) is 30.3. The number of carbonyl (C=O) groups is 1. The maximum absolute atomic E-state index is 13.0. The molecule has 1 aliphatic rings. The Balaban J connectivity index is 2.09. The second-order valence-electron chi connectivity index (χ2n) is 6.77. The highest BCUT2D eigenvalue weighted by Crippen LogP contribution is 2.42. The zero-order valence-electron chi connectivity index (χ0n) is 17.3. The minimum absolute atomic E-state index is 0.214. The lowest BCUT2D eigenvalue weighted by Gasteiger charge is -2.31. The smallest absolute Gasteiger partial charge is 0.325 e. The van der Waals surface area contributed by atoms with Gasteiger partial charge in [0.2, 0.25) is 11.1 Å². The number of aromatic nitrogens is 3. The first-order chi connectivity index (χ1) is 14.9. The molecule has 0 aliphatic carbocycles. The van der Waals surface area contributed by atoms with Gasteiger partial charge in [0.1, 0.15) is 0 Å². The molecular weight excluding hydrogens is 440 g/mol. The molecule has 8 nitrogen and oxygen atoms in total. The normalized spacial score (nSPS) is 14.6. The quantitative estimate of drug-likeness (QED) is 0.476. The molecule has 1 amide bonds. The van der Waals surface area contributed by atoms with Gasteiger partial charge in [-0.1, -0.05) is 35.5 Å². The maximum atomic E-state index is 13.0. The molecule has 4 rings (SSSR count). The number of halogens is 1. The van der Waals surface area contributed by atoms with E-state index in [0.29, 0.717) is 44.2 Å². The highest BCUT2D eigenvalue weighted by molar-refractivity contribution is 7.98. The fourth-order valence-electron chi connectivity index (χ4n) is 3.79. The molecule has 0 unspecified atom stereocenters. The maximum Gasteiger partial charge on any atom is 0.325 e. The van der Waals surface area contributed by atoms with Crippen LogP contribution in [0, 0.1) is 0 Å². The van der Waals surface area contributed by atoms with Crippen LogP contribution in [0.15, 0.2) is 46.3 Å². The predicted molar refractivity (Wildman–Crippen MR) is 118 cm³/mol. The van der Waals surface area contributed by atoms with Gasteiger partial charge in [-0.3, -0.25) is 14.6 Å². The summed E-state index contributed by atoms with van der Waals surface area (Å²) >= 11 is 7.77. The molecule has 2 aromatic carbocycles. The fraction of sp³-hybridized carbons (Fsp3) is 0.238. The number of H-pyrrole nitrogens is 1. The Kier molecular flexibility index (Phi) is 5.63. The molecule has 3 aromatic rings. The van der Waals surface area contributed by atoms with Crippen LogP contribution in [-0.2, 0) is 4.79 Å². The lowest BCUT2D eigenvalue weighted by Crippen LogP contribution is -2.60. The standard InChI is InChI=1S/C21H19ClN4O4S/c1-11(27)25-15-8-6-5-7-13(15)17-19(28)23-21(31-4)24-26(17)20(25)12-9-14(22)18(30-3)16(10-12)29-2/h5-10,20H,1-4H3/p+1/t20-/m1/s1. The van der Waals surface area contributed by atoms with Crippen LogP contribution in [0.4, 0.5) is 5.69 Å². The third-order valence-electron chi connectivity index (χ3n) is 5.04. The van der Waals surface area contributed by atoms with E-state index < -0.39 is 6.17 Å². The molecule has 0 bridgehead atoms. The minimum Gasteiger partial charge on any atom is -0.493 e. The van der Waals surface area contributed by atoms with Gasteiger partial charge in [-0.05, 0) is 35.2 Å². The average molecular weight is 460 g/mol. The number of nitrogens with one attached hydrogen (secondary N) is 1. The van der Waals surface area contributed by atoms with Gasteiger partial charge in [-0.15, -0.1) is 0 Å². The van der Waals surface area contributed by atoms with Gasteiger partial charge >= 0.3 is 11.3 Å². The average Bonchev–Trinajstić information content (AvgIpc) is 2.76. The number of nitrogens with zero attached hydrogens (tertiary/aromatic N) is 3. The zero-order valence-corrected chi connectivity index (χ0v) is 18.9. The second kappa shape index (κ2) is 8.24. The molecule has 0 fully saturated rings. The number of para-hydroxylation sites is 1. The van der Waals surface area contributed by atoms with Crippen molar-refractivity contribution < 1.29 is 19.0 Å². The van der Waals surface area contributed by atoms with Crippen LogP contribution in [0.1, 0.15) is 18.7 Å². The van der Waals surface area contributed by atoms with Crippen molar-refractivity contribution in [1.82, 2.24) is 10.1 Å². The van der Waals surface area contributed by atoms with E-state index in [-0.39, 0.29) is 11.5 Å². The van der Waals surface area contributed by atoms with Gasteiger partial charge in [0, 0.05) is 12.0 Å². The number of hydrogen-bond acceptors (Lipinski definition) is 6. The molecule has 1 aromatic heterocycles. The number of amides is 1. The zero-order chi connectivity index (χ0) is 22.3. The summed E-state index contributed by atoms with van der Waals surface area (Å²) in [6, 6.07) is 10.7. The molecule has 10 heteroatoms. The van der Waals surface area contributed by atoms with Gasteiger partial charge in [0.15, 0.2) is 11.5 Å². The van der Waals surface area contributed by atoms with Crippen LogP contribution in [-0.4, -0.2) is 36.5 Å². The molecule has 0 saturated carbocycles. The first kappa shape index (κ1) is 21.2. The van der Waals surface area contributed by atoms with Crippen molar-refractivity contribution in [2.45, 2.75) is 18.2 Å². The van der Waals surface area contributed by atoms with E-state index in [1.54, 1.807) is 33.8 Å². The summed E-state index contributed by atoms with van der Waals surface area (Å²) in [6.07, 6.45) is 1.06. The van der Waals surface area contributed by atoms with Crippen molar-refractivity contribution in [1.29, 1.82) is 0 Å². The molecule has 2 heterocycles. The Hall–Kier alpha value is -3.04. The number of carbonyl (C=O) groups excluding carboxylic acids is 1. The van der Waals surface area contributed by atoms with Crippen molar-refractivity contribution in [3.8, 4) is 22.8 Å². The second-order valence-corrected chi connectivity index (χ2v) is 7.98. The Morgan fingerprint density at radius 3 is 2.65 bits per heavy atom.